The molecule has 0 radical (unpaired) electrons. The lowest BCUT2D eigenvalue weighted by atomic mass is 9.95. The topological polar surface area (TPSA) is 15.3 Å². The number of nitrogens with zero attached hydrogens (tertiary/aromatic N) is 1. The van der Waals surface area contributed by atoms with Crippen molar-refractivity contribution in [3.63, 3.8) is 0 Å². The molecule has 1 unspecified atom stereocenters. The molecule has 1 aromatic rings. The summed E-state index contributed by atoms with van der Waals surface area (Å²) in [6.07, 6.45) is 2.50. The Morgan fingerprint density at radius 1 is 1.24 bits per heavy atom. The van der Waals surface area contributed by atoms with Crippen LogP contribution in [-0.4, -0.2) is 30.6 Å². The normalized spacial score (nSPS) is 18.4. The fourth-order valence-electron chi connectivity index (χ4n) is 3.24. The van der Waals surface area contributed by atoms with Gasteiger partial charge >= 0.3 is 0 Å². The third kappa shape index (κ3) is 4.27. The molecule has 0 aromatic heterocycles. The second kappa shape index (κ2) is 7.37. The summed E-state index contributed by atoms with van der Waals surface area (Å²) in [5, 5.41) is 3.42. The van der Waals surface area contributed by atoms with E-state index in [4.69, 9.17) is 0 Å². The third-order valence-electron chi connectivity index (χ3n) is 4.77. The van der Waals surface area contributed by atoms with Crippen LogP contribution < -0.4 is 5.32 Å². The van der Waals surface area contributed by atoms with Crippen molar-refractivity contribution in [3.8, 4) is 0 Å². The molecule has 2 rings (SSSR count). The van der Waals surface area contributed by atoms with Gasteiger partial charge in [-0.15, -0.1) is 0 Å². The van der Waals surface area contributed by atoms with Crippen LogP contribution in [0.25, 0.3) is 0 Å². The third-order valence-corrected chi connectivity index (χ3v) is 4.77. The molecule has 2 nitrogen and oxygen atoms in total. The molecule has 1 heterocycles. The smallest absolute Gasteiger partial charge is 0.126 e. The molecule has 3 heteroatoms. The molecular formula is C18H29FN2. The van der Waals surface area contributed by atoms with Gasteiger partial charge in [-0.3, -0.25) is 4.90 Å². The average molecular weight is 292 g/mol. The summed E-state index contributed by atoms with van der Waals surface area (Å²) in [5.74, 6) is 0.663. The van der Waals surface area contributed by atoms with Crippen molar-refractivity contribution in [2.24, 2.45) is 5.92 Å². The van der Waals surface area contributed by atoms with E-state index in [9.17, 15) is 4.39 Å². The minimum Gasteiger partial charge on any atom is -0.317 e. The highest BCUT2D eigenvalue weighted by Gasteiger charge is 2.24. The minimum absolute atomic E-state index is 0.0927. The monoisotopic (exact) mass is 292 g/mol. The zero-order chi connectivity index (χ0) is 15.4. The maximum absolute atomic E-state index is 13.8. The van der Waals surface area contributed by atoms with Crippen molar-refractivity contribution in [1.82, 2.24) is 10.2 Å². The van der Waals surface area contributed by atoms with Gasteiger partial charge in [0, 0.05) is 18.6 Å². The summed E-state index contributed by atoms with van der Waals surface area (Å²) in [6.45, 7) is 11.9. The second-order valence-electron chi connectivity index (χ2n) is 6.67. The zero-order valence-corrected chi connectivity index (χ0v) is 13.8. The van der Waals surface area contributed by atoms with E-state index >= 15 is 0 Å². The van der Waals surface area contributed by atoms with Crippen LogP contribution in [0, 0.1) is 18.7 Å². The van der Waals surface area contributed by atoms with Crippen molar-refractivity contribution >= 4 is 0 Å². The Bertz CT molecular complexity index is 453. The van der Waals surface area contributed by atoms with Gasteiger partial charge in [-0.2, -0.15) is 0 Å². The molecule has 21 heavy (non-hydrogen) atoms. The first kappa shape index (κ1) is 16.4. The summed E-state index contributed by atoms with van der Waals surface area (Å²) in [7, 11) is 0. The Balaban J connectivity index is 2.10. The Morgan fingerprint density at radius 3 is 2.48 bits per heavy atom. The molecule has 0 aliphatic carbocycles. The highest BCUT2D eigenvalue weighted by molar-refractivity contribution is 5.25. The van der Waals surface area contributed by atoms with Crippen LogP contribution in [0.3, 0.4) is 0 Å². The number of benzene rings is 1. The maximum atomic E-state index is 13.8. The Hall–Kier alpha value is -0.930. The molecule has 1 aliphatic rings. The standard InChI is InChI=1S/C18H29FN2/c1-13(2)21(12-16-7-9-20-10-8-16)15(4)17-6-5-14(3)18(19)11-17/h5-6,11,13,15-16,20H,7-10,12H2,1-4H3. The number of hydrogen-bond acceptors (Lipinski definition) is 2. The Labute approximate surface area is 128 Å². The maximum Gasteiger partial charge on any atom is 0.126 e. The van der Waals surface area contributed by atoms with Gasteiger partial charge < -0.3 is 5.32 Å². The van der Waals surface area contributed by atoms with Gasteiger partial charge in [-0.25, -0.2) is 4.39 Å². The first-order valence-electron chi connectivity index (χ1n) is 8.21. The molecule has 1 fully saturated rings. The Morgan fingerprint density at radius 2 is 1.90 bits per heavy atom. The number of piperidine rings is 1. The van der Waals surface area contributed by atoms with Crippen molar-refractivity contribution in [3.05, 3.63) is 35.1 Å². The van der Waals surface area contributed by atoms with E-state index in [0.717, 1.165) is 36.7 Å². The summed E-state index contributed by atoms with van der Waals surface area (Å²) in [6, 6.07) is 6.40. The van der Waals surface area contributed by atoms with Crippen LogP contribution in [0.1, 0.15) is 50.8 Å². The van der Waals surface area contributed by atoms with Crippen molar-refractivity contribution in [2.75, 3.05) is 19.6 Å². The summed E-state index contributed by atoms with van der Waals surface area (Å²) >= 11 is 0. The molecule has 1 saturated heterocycles. The lowest BCUT2D eigenvalue weighted by Gasteiger charge is -2.37. The van der Waals surface area contributed by atoms with Gasteiger partial charge in [0.25, 0.3) is 0 Å². The average Bonchev–Trinajstić information content (AvgIpc) is 2.47. The molecule has 0 bridgehead atoms. The van der Waals surface area contributed by atoms with Crippen molar-refractivity contribution < 1.29 is 4.39 Å². The van der Waals surface area contributed by atoms with Gasteiger partial charge in [0.2, 0.25) is 0 Å². The molecule has 1 aliphatic heterocycles. The van der Waals surface area contributed by atoms with E-state index in [0.29, 0.717) is 6.04 Å². The largest absolute Gasteiger partial charge is 0.317 e. The van der Waals surface area contributed by atoms with Gasteiger partial charge in [-0.1, -0.05) is 12.1 Å². The van der Waals surface area contributed by atoms with Crippen LogP contribution in [0.4, 0.5) is 4.39 Å². The van der Waals surface area contributed by atoms with Crippen LogP contribution >= 0.6 is 0 Å². The quantitative estimate of drug-likeness (QED) is 0.885. The van der Waals surface area contributed by atoms with E-state index in [-0.39, 0.29) is 11.9 Å². The SMILES string of the molecule is Cc1ccc(C(C)N(CC2CCNCC2)C(C)C)cc1F. The van der Waals surface area contributed by atoms with Gasteiger partial charge in [0.05, 0.1) is 0 Å². The zero-order valence-electron chi connectivity index (χ0n) is 13.8. The van der Waals surface area contributed by atoms with E-state index in [1.54, 1.807) is 6.07 Å². The molecule has 118 valence electrons. The van der Waals surface area contributed by atoms with Gasteiger partial charge in [-0.05, 0) is 76.7 Å². The lowest BCUT2D eigenvalue weighted by Crippen LogP contribution is -2.40. The van der Waals surface area contributed by atoms with Crippen molar-refractivity contribution in [2.45, 2.75) is 52.6 Å². The molecule has 0 saturated carbocycles. The number of rotatable bonds is 5. The van der Waals surface area contributed by atoms with Crippen LogP contribution in [0.2, 0.25) is 0 Å². The summed E-state index contributed by atoms with van der Waals surface area (Å²) < 4.78 is 13.8. The number of nitrogens with one attached hydrogen (secondary N) is 1. The van der Waals surface area contributed by atoms with E-state index in [2.05, 4.69) is 37.1 Å². The fraction of sp³-hybridized carbons (Fsp3) is 0.667. The molecule has 1 N–H and O–H groups in total. The highest BCUT2D eigenvalue weighted by atomic mass is 19.1. The fourth-order valence-corrected chi connectivity index (χ4v) is 3.24. The lowest BCUT2D eigenvalue weighted by molar-refractivity contribution is 0.125. The van der Waals surface area contributed by atoms with Crippen LogP contribution in [0.5, 0.6) is 0 Å². The molecule has 0 spiro atoms. The van der Waals surface area contributed by atoms with Gasteiger partial charge in [0.1, 0.15) is 5.82 Å². The van der Waals surface area contributed by atoms with E-state index in [1.165, 1.54) is 12.8 Å². The Kier molecular flexibility index (Phi) is 5.77. The number of hydrogen-bond donors (Lipinski definition) is 1. The predicted molar refractivity (Wildman–Crippen MR) is 87.0 cm³/mol. The van der Waals surface area contributed by atoms with Crippen molar-refractivity contribution in [1.29, 1.82) is 0 Å². The first-order chi connectivity index (χ1) is 9.99. The van der Waals surface area contributed by atoms with Crippen LogP contribution in [-0.2, 0) is 0 Å². The molecule has 1 atom stereocenters. The molecule has 1 aromatic carbocycles. The molecular weight excluding hydrogens is 263 g/mol. The highest BCUT2D eigenvalue weighted by Crippen LogP contribution is 2.27. The second-order valence-corrected chi connectivity index (χ2v) is 6.67. The van der Waals surface area contributed by atoms with Crippen LogP contribution in [0.15, 0.2) is 18.2 Å². The van der Waals surface area contributed by atoms with E-state index in [1.807, 2.05) is 13.0 Å². The molecule has 0 amide bonds. The summed E-state index contributed by atoms with van der Waals surface area (Å²) in [5.41, 5.74) is 1.81. The van der Waals surface area contributed by atoms with E-state index < -0.39 is 0 Å². The summed E-state index contributed by atoms with van der Waals surface area (Å²) in [4.78, 5) is 2.51. The van der Waals surface area contributed by atoms with Gasteiger partial charge in [0.15, 0.2) is 0 Å². The minimum atomic E-state index is -0.0927. The predicted octanol–water partition coefficient (Wildman–Crippen LogP) is 3.91. The number of aryl methyl sites for hydroxylation is 1. The number of halogens is 1. The first-order valence-corrected chi connectivity index (χ1v) is 8.21.